The van der Waals surface area contributed by atoms with Crippen LogP contribution in [0.2, 0.25) is 0 Å². The maximum Gasteiger partial charge on any atom is 0.247 e. The Balaban J connectivity index is 2.62. The molecule has 0 aliphatic rings. The van der Waals surface area contributed by atoms with E-state index in [0.29, 0.717) is 29.3 Å². The van der Waals surface area contributed by atoms with Crippen molar-refractivity contribution in [1.82, 2.24) is 5.32 Å². The molecule has 0 fully saturated rings. The third kappa shape index (κ3) is 6.63. The number of methoxy groups -OCH3 is 2. The van der Waals surface area contributed by atoms with Gasteiger partial charge in [-0.2, -0.15) is 0 Å². The number of benzene rings is 2. The molecule has 2 amide bonds. The maximum absolute atomic E-state index is 13.7. The Labute approximate surface area is 196 Å². The molecule has 0 aromatic heterocycles. The van der Waals surface area contributed by atoms with Crippen molar-refractivity contribution >= 4 is 17.5 Å². The second-order valence-corrected chi connectivity index (χ2v) is 8.96. The van der Waals surface area contributed by atoms with Gasteiger partial charge in [0, 0.05) is 23.7 Å². The first-order valence-electron chi connectivity index (χ1n) is 11.3. The van der Waals surface area contributed by atoms with E-state index in [0.717, 1.165) is 19.3 Å². The van der Waals surface area contributed by atoms with Crippen LogP contribution in [0.25, 0.3) is 0 Å². The van der Waals surface area contributed by atoms with E-state index in [2.05, 4.69) is 12.2 Å². The summed E-state index contributed by atoms with van der Waals surface area (Å²) in [6, 6.07) is 10.6. The zero-order chi connectivity index (χ0) is 24.6. The molecule has 2 aromatic carbocycles. The fourth-order valence-corrected chi connectivity index (χ4v) is 3.48. The highest BCUT2D eigenvalue weighted by molar-refractivity contribution is 6.03. The van der Waals surface area contributed by atoms with Gasteiger partial charge in [0.25, 0.3) is 0 Å². The number of hydrogen-bond acceptors (Lipinski definition) is 5. The molecule has 7 heteroatoms. The molecule has 2 aromatic rings. The number of ether oxygens (including phenoxy) is 2. The number of carbonyl (C=O) groups excluding carboxylic acids is 2. The van der Waals surface area contributed by atoms with E-state index in [1.165, 1.54) is 24.1 Å². The van der Waals surface area contributed by atoms with Crippen LogP contribution in [0.5, 0.6) is 17.2 Å². The summed E-state index contributed by atoms with van der Waals surface area (Å²) in [6.45, 7) is 8.06. The molecule has 180 valence electrons. The molecule has 1 atom stereocenters. The highest BCUT2D eigenvalue weighted by Gasteiger charge is 2.38. The Morgan fingerprint density at radius 1 is 1.00 bits per heavy atom. The summed E-state index contributed by atoms with van der Waals surface area (Å²) < 4.78 is 10.8. The van der Waals surface area contributed by atoms with Crippen LogP contribution >= 0.6 is 0 Å². The largest absolute Gasteiger partial charge is 0.508 e. The van der Waals surface area contributed by atoms with Crippen molar-refractivity contribution in [3.63, 3.8) is 0 Å². The van der Waals surface area contributed by atoms with Gasteiger partial charge in [-0.15, -0.1) is 0 Å². The van der Waals surface area contributed by atoms with E-state index in [1.807, 2.05) is 20.8 Å². The SMILES string of the molecule is CCCCCNC(=O)C(c1ccc(O)cc1)N(C(=O)C(C)(C)C)c1ccc(OC)c(OC)c1. The molecule has 0 radical (unpaired) electrons. The van der Waals surface area contributed by atoms with Gasteiger partial charge in [0.2, 0.25) is 11.8 Å². The van der Waals surface area contributed by atoms with Crippen LogP contribution in [0.4, 0.5) is 5.69 Å². The standard InChI is InChI=1S/C26H36N2O5/c1-7-8-9-16-27-24(30)23(18-10-13-20(29)14-11-18)28(25(31)26(2,3)4)19-12-15-21(32-5)22(17-19)33-6/h10-15,17,23,29H,7-9,16H2,1-6H3,(H,27,30). The van der Waals surface area contributed by atoms with Crippen LogP contribution in [0.1, 0.15) is 58.6 Å². The third-order valence-corrected chi connectivity index (χ3v) is 5.30. The Hall–Kier alpha value is -3.22. The van der Waals surface area contributed by atoms with E-state index in [1.54, 1.807) is 37.4 Å². The van der Waals surface area contributed by atoms with Gasteiger partial charge in [-0.25, -0.2) is 0 Å². The molecular weight excluding hydrogens is 420 g/mol. The van der Waals surface area contributed by atoms with Crippen LogP contribution in [-0.4, -0.2) is 37.7 Å². The van der Waals surface area contributed by atoms with E-state index in [9.17, 15) is 14.7 Å². The first kappa shape index (κ1) is 26.0. The van der Waals surface area contributed by atoms with E-state index < -0.39 is 11.5 Å². The van der Waals surface area contributed by atoms with Crippen molar-refractivity contribution in [3.8, 4) is 17.2 Å². The summed E-state index contributed by atoms with van der Waals surface area (Å²) >= 11 is 0. The van der Waals surface area contributed by atoms with Gasteiger partial charge in [-0.3, -0.25) is 14.5 Å². The average molecular weight is 457 g/mol. The minimum absolute atomic E-state index is 0.0840. The Kier molecular flexibility index (Phi) is 9.14. The first-order chi connectivity index (χ1) is 15.6. The van der Waals surface area contributed by atoms with Gasteiger partial charge in [0.15, 0.2) is 11.5 Å². The summed E-state index contributed by atoms with van der Waals surface area (Å²) in [6.07, 6.45) is 2.90. The quantitative estimate of drug-likeness (QED) is 0.500. The summed E-state index contributed by atoms with van der Waals surface area (Å²) in [7, 11) is 3.06. The smallest absolute Gasteiger partial charge is 0.247 e. The van der Waals surface area contributed by atoms with Crippen LogP contribution in [-0.2, 0) is 9.59 Å². The molecule has 0 saturated carbocycles. The van der Waals surface area contributed by atoms with Crippen molar-refractivity contribution in [2.24, 2.45) is 5.41 Å². The second kappa shape index (κ2) is 11.6. The molecule has 7 nitrogen and oxygen atoms in total. The number of nitrogens with zero attached hydrogens (tertiary/aromatic N) is 1. The number of nitrogens with one attached hydrogen (secondary N) is 1. The number of anilines is 1. The molecule has 0 aliphatic carbocycles. The lowest BCUT2D eigenvalue weighted by Gasteiger charge is -2.36. The second-order valence-electron chi connectivity index (χ2n) is 8.96. The lowest BCUT2D eigenvalue weighted by Crippen LogP contribution is -2.48. The summed E-state index contributed by atoms with van der Waals surface area (Å²) in [4.78, 5) is 28.7. The molecule has 0 aliphatic heterocycles. The van der Waals surface area contributed by atoms with Crippen LogP contribution in [0.15, 0.2) is 42.5 Å². The number of unbranched alkanes of at least 4 members (excludes halogenated alkanes) is 2. The molecule has 0 bridgehead atoms. The van der Waals surface area contributed by atoms with Crippen molar-refractivity contribution in [2.45, 2.75) is 53.0 Å². The van der Waals surface area contributed by atoms with Crippen molar-refractivity contribution < 1.29 is 24.2 Å². The predicted octanol–water partition coefficient (Wildman–Crippen LogP) is 4.84. The van der Waals surface area contributed by atoms with Crippen LogP contribution in [0.3, 0.4) is 0 Å². The Bertz CT molecular complexity index is 935. The van der Waals surface area contributed by atoms with Crippen LogP contribution in [0, 0.1) is 5.41 Å². The topological polar surface area (TPSA) is 88.1 Å². The number of aromatic hydroxyl groups is 1. The van der Waals surface area contributed by atoms with Crippen molar-refractivity contribution in [1.29, 1.82) is 0 Å². The molecule has 33 heavy (non-hydrogen) atoms. The number of phenolic OH excluding ortho intramolecular Hbond substituents is 1. The minimum atomic E-state index is -0.933. The predicted molar refractivity (Wildman–Crippen MR) is 130 cm³/mol. The average Bonchev–Trinajstić information content (AvgIpc) is 2.79. The zero-order valence-electron chi connectivity index (χ0n) is 20.5. The van der Waals surface area contributed by atoms with Gasteiger partial charge in [-0.05, 0) is 36.2 Å². The summed E-state index contributed by atoms with van der Waals surface area (Å²) in [5, 5.41) is 12.8. The number of hydrogen-bond donors (Lipinski definition) is 2. The summed E-state index contributed by atoms with van der Waals surface area (Å²) in [5.74, 6) is 0.547. The minimum Gasteiger partial charge on any atom is -0.508 e. The molecule has 2 N–H and O–H groups in total. The fourth-order valence-electron chi connectivity index (χ4n) is 3.48. The maximum atomic E-state index is 13.7. The monoisotopic (exact) mass is 456 g/mol. The molecule has 2 rings (SSSR count). The van der Waals surface area contributed by atoms with E-state index in [4.69, 9.17) is 9.47 Å². The van der Waals surface area contributed by atoms with Gasteiger partial charge in [-0.1, -0.05) is 52.7 Å². The van der Waals surface area contributed by atoms with Gasteiger partial charge in [0.1, 0.15) is 11.8 Å². The lowest BCUT2D eigenvalue weighted by atomic mass is 9.91. The molecule has 0 heterocycles. The van der Waals surface area contributed by atoms with E-state index in [-0.39, 0.29) is 17.6 Å². The number of phenols is 1. The van der Waals surface area contributed by atoms with E-state index >= 15 is 0 Å². The van der Waals surface area contributed by atoms with Gasteiger partial charge < -0.3 is 19.9 Å². The normalized spacial score (nSPS) is 12.1. The van der Waals surface area contributed by atoms with Crippen LogP contribution < -0.4 is 19.7 Å². The highest BCUT2D eigenvalue weighted by Crippen LogP contribution is 2.38. The molecule has 0 spiro atoms. The van der Waals surface area contributed by atoms with Gasteiger partial charge in [0.05, 0.1) is 14.2 Å². The van der Waals surface area contributed by atoms with Crippen molar-refractivity contribution in [3.05, 3.63) is 48.0 Å². The number of amides is 2. The highest BCUT2D eigenvalue weighted by atomic mass is 16.5. The molecule has 0 saturated heterocycles. The fraction of sp³-hybridized carbons (Fsp3) is 0.462. The third-order valence-electron chi connectivity index (χ3n) is 5.30. The zero-order valence-corrected chi connectivity index (χ0v) is 20.5. The Morgan fingerprint density at radius 2 is 1.64 bits per heavy atom. The summed E-state index contributed by atoms with van der Waals surface area (Å²) in [5.41, 5.74) is 0.340. The number of rotatable bonds is 10. The molecular formula is C26H36N2O5. The number of carbonyl (C=O) groups is 2. The molecule has 1 unspecified atom stereocenters. The van der Waals surface area contributed by atoms with Gasteiger partial charge >= 0.3 is 0 Å². The van der Waals surface area contributed by atoms with Crippen molar-refractivity contribution in [2.75, 3.05) is 25.7 Å². The Morgan fingerprint density at radius 3 is 2.18 bits per heavy atom. The lowest BCUT2D eigenvalue weighted by molar-refractivity contribution is -0.130. The first-order valence-corrected chi connectivity index (χ1v) is 11.3.